The Hall–Kier alpha value is -1.42. The summed E-state index contributed by atoms with van der Waals surface area (Å²) in [5.74, 6) is 0.276. The second-order valence-electron chi connectivity index (χ2n) is 4.56. The molecule has 0 spiro atoms. The Labute approximate surface area is 136 Å². The predicted octanol–water partition coefficient (Wildman–Crippen LogP) is 5.45. The Kier molecular flexibility index (Phi) is 4.24. The average molecular weight is 336 g/mol. The zero-order valence-corrected chi connectivity index (χ0v) is 13.2. The Morgan fingerprint density at radius 3 is 2.71 bits per heavy atom. The lowest BCUT2D eigenvalue weighted by Gasteiger charge is -2.03. The number of hydrogen-bond donors (Lipinski definition) is 1. The normalized spacial score (nSPS) is 11.0. The van der Waals surface area contributed by atoms with Crippen LogP contribution in [0.1, 0.15) is 10.4 Å². The van der Waals surface area contributed by atoms with Crippen LogP contribution in [0, 0.1) is 0 Å². The molecule has 5 heteroatoms. The van der Waals surface area contributed by atoms with Gasteiger partial charge in [-0.2, -0.15) is 0 Å². The van der Waals surface area contributed by atoms with Gasteiger partial charge < -0.3 is 4.98 Å². The SMILES string of the molecule is O=C(CSc1cc2ccccc2[nH]1)c1cc(Cl)ccc1Cl. The molecule has 1 heterocycles. The van der Waals surface area contributed by atoms with Gasteiger partial charge in [-0.3, -0.25) is 4.79 Å². The van der Waals surface area contributed by atoms with Crippen molar-refractivity contribution >= 4 is 51.6 Å². The van der Waals surface area contributed by atoms with E-state index in [4.69, 9.17) is 23.2 Å². The van der Waals surface area contributed by atoms with Crippen molar-refractivity contribution in [1.29, 1.82) is 0 Å². The number of thioether (sulfide) groups is 1. The van der Waals surface area contributed by atoms with Crippen molar-refractivity contribution in [3.8, 4) is 0 Å². The van der Waals surface area contributed by atoms with Gasteiger partial charge >= 0.3 is 0 Å². The minimum Gasteiger partial charge on any atom is -0.350 e. The molecule has 0 fully saturated rings. The molecule has 3 rings (SSSR count). The number of halogens is 2. The molecule has 1 N–H and O–H groups in total. The fraction of sp³-hybridized carbons (Fsp3) is 0.0625. The number of nitrogens with one attached hydrogen (secondary N) is 1. The van der Waals surface area contributed by atoms with Gasteiger partial charge in [0.15, 0.2) is 5.78 Å². The van der Waals surface area contributed by atoms with Gasteiger partial charge in [-0.25, -0.2) is 0 Å². The number of benzene rings is 2. The number of carbonyl (C=O) groups excluding carboxylic acids is 1. The lowest BCUT2D eigenvalue weighted by molar-refractivity contribution is 0.102. The van der Waals surface area contributed by atoms with E-state index >= 15 is 0 Å². The number of para-hydroxylation sites is 1. The summed E-state index contributed by atoms with van der Waals surface area (Å²) in [6.45, 7) is 0. The van der Waals surface area contributed by atoms with Crippen molar-refractivity contribution in [2.24, 2.45) is 0 Å². The molecule has 0 aliphatic heterocycles. The standard InChI is InChI=1S/C16H11Cl2NOS/c17-11-5-6-13(18)12(8-11)15(20)9-21-16-7-10-3-1-2-4-14(10)19-16/h1-8,19H,9H2. The number of H-pyrrole nitrogens is 1. The zero-order valence-electron chi connectivity index (χ0n) is 10.9. The summed E-state index contributed by atoms with van der Waals surface area (Å²) in [6.07, 6.45) is 0. The van der Waals surface area contributed by atoms with E-state index in [9.17, 15) is 4.79 Å². The van der Waals surface area contributed by atoms with Crippen LogP contribution in [-0.4, -0.2) is 16.5 Å². The van der Waals surface area contributed by atoms with Crippen molar-refractivity contribution in [2.45, 2.75) is 5.03 Å². The van der Waals surface area contributed by atoms with Crippen LogP contribution in [-0.2, 0) is 0 Å². The molecule has 0 saturated carbocycles. The van der Waals surface area contributed by atoms with Crippen LogP contribution in [0.25, 0.3) is 10.9 Å². The van der Waals surface area contributed by atoms with Crippen LogP contribution in [0.5, 0.6) is 0 Å². The molecular weight excluding hydrogens is 325 g/mol. The summed E-state index contributed by atoms with van der Waals surface area (Å²) in [5, 5.41) is 3.04. The maximum Gasteiger partial charge on any atom is 0.174 e. The van der Waals surface area contributed by atoms with Crippen LogP contribution < -0.4 is 0 Å². The molecule has 3 aromatic rings. The quantitative estimate of drug-likeness (QED) is 0.508. The second-order valence-corrected chi connectivity index (χ2v) is 6.42. The van der Waals surface area contributed by atoms with Gasteiger partial charge in [0.2, 0.25) is 0 Å². The van der Waals surface area contributed by atoms with Crippen molar-refractivity contribution < 1.29 is 4.79 Å². The summed E-state index contributed by atoms with van der Waals surface area (Å²) >= 11 is 13.4. The molecule has 1 aromatic heterocycles. The zero-order chi connectivity index (χ0) is 14.8. The van der Waals surface area contributed by atoms with E-state index in [2.05, 4.69) is 4.98 Å². The predicted molar refractivity (Wildman–Crippen MR) is 89.8 cm³/mol. The van der Waals surface area contributed by atoms with E-state index in [1.165, 1.54) is 11.8 Å². The van der Waals surface area contributed by atoms with E-state index in [1.54, 1.807) is 18.2 Å². The monoisotopic (exact) mass is 335 g/mol. The molecule has 0 bridgehead atoms. The highest BCUT2D eigenvalue weighted by Crippen LogP contribution is 2.26. The van der Waals surface area contributed by atoms with Gasteiger partial charge in [-0.05, 0) is 30.3 Å². The first kappa shape index (κ1) is 14.5. The van der Waals surface area contributed by atoms with Crippen molar-refractivity contribution in [3.63, 3.8) is 0 Å². The molecule has 21 heavy (non-hydrogen) atoms. The van der Waals surface area contributed by atoms with Crippen LogP contribution in [0.15, 0.2) is 53.6 Å². The fourth-order valence-corrected chi connectivity index (χ4v) is 3.29. The summed E-state index contributed by atoms with van der Waals surface area (Å²) in [6, 6.07) is 15.0. The average Bonchev–Trinajstić information content (AvgIpc) is 2.90. The highest BCUT2D eigenvalue weighted by atomic mass is 35.5. The summed E-state index contributed by atoms with van der Waals surface area (Å²) in [7, 11) is 0. The van der Waals surface area contributed by atoms with Crippen LogP contribution in [0.3, 0.4) is 0 Å². The molecule has 2 nitrogen and oxygen atoms in total. The number of Topliss-reactive ketones (excluding diaryl/α,β-unsaturated/α-hetero) is 1. The van der Waals surface area contributed by atoms with Crippen molar-refractivity contribution in [2.75, 3.05) is 5.75 Å². The number of aromatic amines is 1. The maximum atomic E-state index is 12.2. The summed E-state index contributed by atoms with van der Waals surface area (Å²) < 4.78 is 0. The third-order valence-corrected chi connectivity index (χ3v) is 4.59. The van der Waals surface area contributed by atoms with Gasteiger partial charge in [0, 0.05) is 21.5 Å². The lowest BCUT2D eigenvalue weighted by atomic mass is 10.1. The first-order valence-electron chi connectivity index (χ1n) is 6.32. The third kappa shape index (κ3) is 3.26. The van der Waals surface area contributed by atoms with Gasteiger partial charge in [0.1, 0.15) is 0 Å². The van der Waals surface area contributed by atoms with Gasteiger partial charge in [0.25, 0.3) is 0 Å². The molecule has 0 aliphatic carbocycles. The molecule has 0 unspecified atom stereocenters. The lowest BCUT2D eigenvalue weighted by Crippen LogP contribution is -2.03. The molecule has 106 valence electrons. The van der Waals surface area contributed by atoms with Gasteiger partial charge in [-0.15, -0.1) is 11.8 Å². The number of carbonyl (C=O) groups is 1. The smallest absolute Gasteiger partial charge is 0.174 e. The first-order chi connectivity index (χ1) is 10.1. The van der Waals surface area contributed by atoms with Crippen LogP contribution in [0.4, 0.5) is 0 Å². The highest BCUT2D eigenvalue weighted by Gasteiger charge is 2.12. The molecule has 2 aromatic carbocycles. The van der Waals surface area contributed by atoms with E-state index in [0.29, 0.717) is 21.4 Å². The largest absolute Gasteiger partial charge is 0.350 e. The van der Waals surface area contributed by atoms with Crippen LogP contribution in [0.2, 0.25) is 10.0 Å². The number of hydrogen-bond acceptors (Lipinski definition) is 2. The number of aromatic nitrogens is 1. The molecule has 0 saturated heterocycles. The Morgan fingerprint density at radius 1 is 1.10 bits per heavy atom. The topological polar surface area (TPSA) is 32.9 Å². The fourth-order valence-electron chi connectivity index (χ4n) is 2.06. The van der Waals surface area contributed by atoms with E-state index in [-0.39, 0.29) is 5.78 Å². The molecule has 0 aliphatic rings. The maximum absolute atomic E-state index is 12.2. The number of fused-ring (bicyclic) bond motifs is 1. The Balaban J connectivity index is 1.74. The van der Waals surface area contributed by atoms with Gasteiger partial charge in [-0.1, -0.05) is 41.4 Å². The van der Waals surface area contributed by atoms with E-state index in [0.717, 1.165) is 15.9 Å². The summed E-state index contributed by atoms with van der Waals surface area (Å²) in [4.78, 5) is 15.5. The summed E-state index contributed by atoms with van der Waals surface area (Å²) in [5.41, 5.74) is 1.53. The number of ketones is 1. The van der Waals surface area contributed by atoms with Gasteiger partial charge in [0.05, 0.1) is 15.8 Å². The molecule has 0 amide bonds. The second kappa shape index (κ2) is 6.14. The first-order valence-corrected chi connectivity index (χ1v) is 8.06. The van der Waals surface area contributed by atoms with Crippen molar-refractivity contribution in [1.82, 2.24) is 4.98 Å². The molecular formula is C16H11Cl2NOS. The van der Waals surface area contributed by atoms with E-state index < -0.39 is 0 Å². The highest BCUT2D eigenvalue weighted by molar-refractivity contribution is 8.00. The Bertz CT molecular complexity index is 780. The Morgan fingerprint density at radius 2 is 1.90 bits per heavy atom. The third-order valence-electron chi connectivity index (χ3n) is 3.09. The van der Waals surface area contributed by atoms with E-state index in [1.807, 2.05) is 30.3 Å². The minimum absolute atomic E-state index is 0.0360. The van der Waals surface area contributed by atoms with Crippen LogP contribution >= 0.6 is 35.0 Å². The molecule has 0 atom stereocenters. The number of rotatable bonds is 4. The minimum atomic E-state index is -0.0360. The molecule has 0 radical (unpaired) electrons. The van der Waals surface area contributed by atoms with Crippen molar-refractivity contribution in [3.05, 3.63) is 64.1 Å².